The minimum absolute atomic E-state index is 0.459. The molecule has 1 aromatic carbocycles. The molecule has 72 valence electrons. The lowest BCUT2D eigenvalue weighted by molar-refractivity contribution is 0.124. The molecular formula is C10H16N2O. The van der Waals surface area contributed by atoms with Gasteiger partial charge in [0.25, 0.3) is 0 Å². The molecule has 0 bridgehead atoms. The Bertz CT molecular complexity index is 284. The van der Waals surface area contributed by atoms with Gasteiger partial charge in [0.15, 0.2) is 0 Å². The first-order valence-electron chi connectivity index (χ1n) is 4.24. The molecule has 0 amide bonds. The number of hydrogen-bond donors (Lipinski definition) is 1. The number of hydrogen-bond acceptors (Lipinski definition) is 3. The molecule has 0 aromatic heterocycles. The first-order chi connectivity index (χ1) is 6.16. The van der Waals surface area contributed by atoms with Crippen LogP contribution in [0.3, 0.4) is 0 Å². The van der Waals surface area contributed by atoms with Crippen molar-refractivity contribution < 1.29 is 4.84 Å². The second kappa shape index (κ2) is 4.25. The van der Waals surface area contributed by atoms with E-state index >= 15 is 0 Å². The number of nitrogens with zero attached hydrogens (tertiary/aromatic N) is 1. The van der Waals surface area contributed by atoms with Gasteiger partial charge >= 0.3 is 0 Å². The molecule has 2 N–H and O–H groups in total. The lowest BCUT2D eigenvalue weighted by Crippen LogP contribution is -2.13. The fraction of sp³-hybridized carbons (Fsp3) is 0.400. The van der Waals surface area contributed by atoms with Crippen molar-refractivity contribution in [2.45, 2.75) is 13.5 Å². The van der Waals surface area contributed by atoms with Gasteiger partial charge in [-0.3, -0.25) is 4.84 Å². The van der Waals surface area contributed by atoms with Crippen LogP contribution in [0, 0.1) is 6.92 Å². The summed E-state index contributed by atoms with van der Waals surface area (Å²) < 4.78 is 0. The van der Waals surface area contributed by atoms with E-state index in [4.69, 9.17) is 5.90 Å². The molecule has 0 heterocycles. The van der Waals surface area contributed by atoms with Crippen molar-refractivity contribution in [2.24, 2.45) is 5.90 Å². The van der Waals surface area contributed by atoms with Crippen LogP contribution in [0.25, 0.3) is 0 Å². The Kier molecular flexibility index (Phi) is 3.28. The molecular weight excluding hydrogens is 164 g/mol. The summed E-state index contributed by atoms with van der Waals surface area (Å²) in [7, 11) is 4.02. The highest BCUT2D eigenvalue weighted by molar-refractivity contribution is 5.55. The summed E-state index contributed by atoms with van der Waals surface area (Å²) >= 11 is 0. The average molecular weight is 180 g/mol. The Morgan fingerprint density at radius 3 is 2.62 bits per heavy atom. The number of aryl methyl sites for hydroxylation is 1. The van der Waals surface area contributed by atoms with Crippen LogP contribution in [0.4, 0.5) is 5.69 Å². The number of nitrogens with two attached hydrogens (primary N) is 1. The fourth-order valence-corrected chi connectivity index (χ4v) is 1.38. The van der Waals surface area contributed by atoms with Gasteiger partial charge in [0.05, 0.1) is 6.61 Å². The van der Waals surface area contributed by atoms with Crippen molar-refractivity contribution in [2.75, 3.05) is 19.0 Å². The Hall–Kier alpha value is -1.06. The number of rotatable bonds is 3. The third kappa shape index (κ3) is 2.20. The maximum absolute atomic E-state index is 5.08. The molecule has 0 saturated heterocycles. The molecule has 3 nitrogen and oxygen atoms in total. The quantitative estimate of drug-likeness (QED) is 0.715. The second-order valence-corrected chi connectivity index (χ2v) is 3.28. The minimum Gasteiger partial charge on any atom is -0.377 e. The molecule has 0 atom stereocenters. The van der Waals surface area contributed by atoms with Crippen LogP contribution < -0.4 is 10.8 Å². The van der Waals surface area contributed by atoms with E-state index in [0.717, 1.165) is 11.3 Å². The van der Waals surface area contributed by atoms with Gasteiger partial charge in [-0.15, -0.1) is 0 Å². The first kappa shape index (κ1) is 10.0. The molecule has 0 spiro atoms. The lowest BCUT2D eigenvalue weighted by atomic mass is 10.1. The molecule has 0 aliphatic heterocycles. The zero-order chi connectivity index (χ0) is 9.84. The largest absolute Gasteiger partial charge is 0.377 e. The van der Waals surface area contributed by atoms with E-state index in [1.54, 1.807) is 0 Å². The van der Waals surface area contributed by atoms with Gasteiger partial charge in [-0.2, -0.15) is 0 Å². The molecule has 0 radical (unpaired) electrons. The smallest absolute Gasteiger partial charge is 0.0952 e. The molecule has 0 saturated carbocycles. The monoisotopic (exact) mass is 180 g/mol. The van der Waals surface area contributed by atoms with E-state index in [0.29, 0.717) is 6.61 Å². The van der Waals surface area contributed by atoms with Crippen molar-refractivity contribution in [1.82, 2.24) is 0 Å². The number of anilines is 1. The van der Waals surface area contributed by atoms with Crippen molar-refractivity contribution in [1.29, 1.82) is 0 Å². The Morgan fingerprint density at radius 1 is 1.38 bits per heavy atom. The summed E-state index contributed by atoms with van der Waals surface area (Å²) in [5.74, 6) is 5.08. The minimum atomic E-state index is 0.459. The summed E-state index contributed by atoms with van der Waals surface area (Å²) in [5.41, 5.74) is 3.51. The molecule has 0 fully saturated rings. The van der Waals surface area contributed by atoms with Crippen molar-refractivity contribution in [3.05, 3.63) is 29.3 Å². The Balaban J connectivity index is 3.09. The van der Waals surface area contributed by atoms with E-state index in [9.17, 15) is 0 Å². The third-order valence-corrected chi connectivity index (χ3v) is 2.09. The molecule has 3 heteroatoms. The summed E-state index contributed by atoms with van der Waals surface area (Å²) in [4.78, 5) is 6.73. The molecule has 0 aliphatic carbocycles. The molecule has 1 rings (SSSR count). The molecule has 1 aromatic rings. The topological polar surface area (TPSA) is 38.5 Å². The number of benzene rings is 1. The van der Waals surface area contributed by atoms with E-state index in [1.807, 2.05) is 20.2 Å². The van der Waals surface area contributed by atoms with E-state index in [-0.39, 0.29) is 0 Å². The average Bonchev–Trinajstić information content (AvgIpc) is 2.08. The van der Waals surface area contributed by atoms with E-state index in [1.165, 1.54) is 5.56 Å². The maximum Gasteiger partial charge on any atom is 0.0952 e. The van der Waals surface area contributed by atoms with Crippen molar-refractivity contribution in [3.8, 4) is 0 Å². The highest BCUT2D eigenvalue weighted by Gasteiger charge is 2.06. The van der Waals surface area contributed by atoms with Crippen LogP contribution in [0.1, 0.15) is 11.1 Å². The van der Waals surface area contributed by atoms with Gasteiger partial charge in [-0.05, 0) is 18.6 Å². The summed E-state index contributed by atoms with van der Waals surface area (Å²) in [6.45, 7) is 2.52. The molecule has 0 aliphatic rings. The maximum atomic E-state index is 5.08. The van der Waals surface area contributed by atoms with Crippen LogP contribution in [0.5, 0.6) is 0 Å². The van der Waals surface area contributed by atoms with Crippen LogP contribution >= 0.6 is 0 Å². The van der Waals surface area contributed by atoms with Gasteiger partial charge < -0.3 is 4.90 Å². The van der Waals surface area contributed by atoms with Crippen molar-refractivity contribution in [3.63, 3.8) is 0 Å². The predicted molar refractivity (Wildman–Crippen MR) is 54.5 cm³/mol. The highest BCUT2D eigenvalue weighted by atomic mass is 16.6. The fourth-order valence-electron chi connectivity index (χ4n) is 1.38. The summed E-state index contributed by atoms with van der Waals surface area (Å²) in [5, 5.41) is 0. The Labute approximate surface area is 79.1 Å². The van der Waals surface area contributed by atoms with Gasteiger partial charge in [0.1, 0.15) is 0 Å². The standard InChI is InChI=1S/C10H16N2O/c1-8-5-4-6-10(12(2)3)9(8)7-13-11/h4-6H,7,11H2,1-3H3. The second-order valence-electron chi connectivity index (χ2n) is 3.28. The lowest BCUT2D eigenvalue weighted by Gasteiger charge is -2.18. The van der Waals surface area contributed by atoms with Crippen LogP contribution in [0.15, 0.2) is 18.2 Å². The van der Waals surface area contributed by atoms with Gasteiger partial charge in [0, 0.05) is 25.3 Å². The third-order valence-electron chi connectivity index (χ3n) is 2.09. The van der Waals surface area contributed by atoms with Gasteiger partial charge in [0.2, 0.25) is 0 Å². The predicted octanol–water partition coefficient (Wildman–Crippen LogP) is 1.45. The SMILES string of the molecule is Cc1cccc(N(C)C)c1CON. The van der Waals surface area contributed by atoms with E-state index in [2.05, 4.69) is 28.8 Å². The molecule has 13 heavy (non-hydrogen) atoms. The molecule has 0 unspecified atom stereocenters. The van der Waals surface area contributed by atoms with Gasteiger partial charge in [-0.25, -0.2) is 5.90 Å². The first-order valence-corrected chi connectivity index (χ1v) is 4.24. The van der Waals surface area contributed by atoms with Crippen LogP contribution in [0.2, 0.25) is 0 Å². The zero-order valence-corrected chi connectivity index (χ0v) is 8.37. The van der Waals surface area contributed by atoms with Crippen molar-refractivity contribution >= 4 is 5.69 Å². The zero-order valence-electron chi connectivity index (χ0n) is 8.37. The highest BCUT2D eigenvalue weighted by Crippen LogP contribution is 2.22. The van der Waals surface area contributed by atoms with Crippen LogP contribution in [-0.2, 0) is 11.4 Å². The summed E-state index contributed by atoms with van der Waals surface area (Å²) in [6, 6.07) is 6.15. The summed E-state index contributed by atoms with van der Waals surface area (Å²) in [6.07, 6.45) is 0. The van der Waals surface area contributed by atoms with E-state index < -0.39 is 0 Å². The van der Waals surface area contributed by atoms with Gasteiger partial charge in [-0.1, -0.05) is 12.1 Å². The van der Waals surface area contributed by atoms with Crippen LogP contribution in [-0.4, -0.2) is 14.1 Å². The Morgan fingerprint density at radius 2 is 2.08 bits per heavy atom. The normalized spacial score (nSPS) is 10.2.